The van der Waals surface area contributed by atoms with Crippen LogP contribution in [0.3, 0.4) is 0 Å². The summed E-state index contributed by atoms with van der Waals surface area (Å²) < 4.78 is 30.4. The van der Waals surface area contributed by atoms with Crippen LogP contribution in [0.4, 0.5) is 0 Å². The molecule has 0 radical (unpaired) electrons. The van der Waals surface area contributed by atoms with Gasteiger partial charge in [0.1, 0.15) is 30.2 Å². The van der Waals surface area contributed by atoms with Crippen LogP contribution in [0.5, 0.6) is 0 Å². The Labute approximate surface area is 303 Å². The van der Waals surface area contributed by atoms with Gasteiger partial charge >= 0.3 is 11.9 Å². The number of thioether (sulfide) groups is 1. The summed E-state index contributed by atoms with van der Waals surface area (Å²) in [5.74, 6) is -1.77. The van der Waals surface area contributed by atoms with Crippen LogP contribution in [0.15, 0.2) is 41.5 Å². The van der Waals surface area contributed by atoms with Crippen LogP contribution in [0.25, 0.3) is 0 Å². The Morgan fingerprint density at radius 2 is 1.64 bits per heavy atom. The van der Waals surface area contributed by atoms with Gasteiger partial charge in [-0.1, -0.05) is 93.0 Å². The lowest BCUT2D eigenvalue weighted by Gasteiger charge is -2.74. The fourth-order valence-electron chi connectivity index (χ4n) is 10.4. The van der Waals surface area contributed by atoms with Gasteiger partial charge in [-0.2, -0.15) is 0 Å². The molecule has 0 aromatic heterocycles. The molecule has 50 heavy (non-hydrogen) atoms. The van der Waals surface area contributed by atoms with E-state index < -0.39 is 75.1 Å². The van der Waals surface area contributed by atoms with E-state index in [0.29, 0.717) is 17.9 Å². The molecule has 3 fully saturated rings. The van der Waals surface area contributed by atoms with Crippen molar-refractivity contribution < 1.29 is 43.5 Å². The molecular formula is C40H60O9S. The second-order valence-electron chi connectivity index (χ2n) is 17.5. The topological polar surface area (TPSA) is 121 Å². The minimum absolute atomic E-state index is 0.0383. The third kappa shape index (κ3) is 5.79. The highest BCUT2D eigenvalue weighted by molar-refractivity contribution is 7.98. The Morgan fingerprint density at radius 3 is 2.20 bits per heavy atom. The maximum Gasteiger partial charge on any atom is 0.338 e. The molecular weight excluding hydrogens is 656 g/mol. The normalized spacial score (nSPS) is 37.4. The number of hydrogen-bond donors (Lipinski definition) is 2. The summed E-state index contributed by atoms with van der Waals surface area (Å²) in [7, 11) is 0. The molecule has 1 aliphatic heterocycles. The summed E-state index contributed by atoms with van der Waals surface area (Å²) in [5, 5.41) is 26.3. The predicted octanol–water partition coefficient (Wildman–Crippen LogP) is 6.80. The zero-order chi connectivity index (χ0) is 37.2. The van der Waals surface area contributed by atoms with E-state index in [4.69, 9.17) is 23.7 Å². The molecule has 2 bridgehead atoms. The molecule has 9 nitrogen and oxygen atoms in total. The van der Waals surface area contributed by atoms with Crippen molar-refractivity contribution >= 4 is 23.7 Å². The molecule has 1 aromatic rings. The number of benzene rings is 1. The van der Waals surface area contributed by atoms with Crippen molar-refractivity contribution in [2.24, 2.45) is 39.4 Å². The van der Waals surface area contributed by atoms with Crippen LogP contribution in [-0.2, 0) is 28.5 Å². The molecule has 4 aliphatic rings. The van der Waals surface area contributed by atoms with Crippen molar-refractivity contribution in [2.45, 2.75) is 125 Å². The Balaban J connectivity index is 1.71. The lowest BCUT2D eigenvalue weighted by molar-refractivity contribution is -0.373. The molecule has 0 spiro atoms. The number of hydrogen-bond acceptors (Lipinski definition) is 10. The number of carbonyl (C=O) groups is 2. The van der Waals surface area contributed by atoms with Crippen molar-refractivity contribution in [1.82, 2.24) is 0 Å². The summed E-state index contributed by atoms with van der Waals surface area (Å²) >= 11 is 1.51. The molecule has 6 unspecified atom stereocenters. The molecule has 9 atom stereocenters. The van der Waals surface area contributed by atoms with Crippen LogP contribution in [0, 0.1) is 39.4 Å². The van der Waals surface area contributed by atoms with Gasteiger partial charge in [-0.15, -0.1) is 11.8 Å². The van der Waals surface area contributed by atoms with Crippen molar-refractivity contribution in [3.8, 4) is 0 Å². The summed E-state index contributed by atoms with van der Waals surface area (Å²) in [6, 6.07) is 8.76. The first-order valence-electron chi connectivity index (χ1n) is 18.1. The zero-order valence-corrected chi connectivity index (χ0v) is 32.9. The van der Waals surface area contributed by atoms with Crippen LogP contribution >= 0.6 is 11.8 Å². The number of aliphatic hydroxyl groups is 2. The summed E-state index contributed by atoms with van der Waals surface area (Å²) in [6.07, 6.45) is -0.918. The minimum Gasteiger partial charge on any atom is -0.456 e. The van der Waals surface area contributed by atoms with E-state index in [9.17, 15) is 19.8 Å². The smallest absolute Gasteiger partial charge is 0.338 e. The number of carbonyl (C=O) groups excluding carboxylic acids is 2. The average molecular weight is 717 g/mol. The predicted molar refractivity (Wildman–Crippen MR) is 193 cm³/mol. The first-order chi connectivity index (χ1) is 23.1. The van der Waals surface area contributed by atoms with E-state index in [-0.39, 0.29) is 31.7 Å². The molecule has 1 heterocycles. The Morgan fingerprint density at radius 1 is 1.00 bits per heavy atom. The van der Waals surface area contributed by atoms with Crippen LogP contribution in [0.2, 0.25) is 0 Å². The number of esters is 2. The van der Waals surface area contributed by atoms with Gasteiger partial charge in [0.2, 0.25) is 0 Å². The van der Waals surface area contributed by atoms with E-state index in [1.54, 1.807) is 24.3 Å². The number of rotatable bonds is 10. The van der Waals surface area contributed by atoms with Crippen LogP contribution in [0.1, 0.15) is 99.4 Å². The highest BCUT2D eigenvalue weighted by atomic mass is 32.2. The molecule has 280 valence electrons. The standard InChI is InChI=1S/C40H60O9S/c1-23(2)30(47-21-45-22-50-12)34(42)48-27-18-40(44)32(49-33(41)26-16-14-13-15-17-26)31-38(11,35(5,6)19-28-39(31,43)20-46-28)36(7,8)25(4)29(24(27)3)37(40,9)10/h13-17,23,25,27-28,30-32,43-44H,18-22H2,1-12H3/t25-,27?,28?,30?,31?,32?,38+,39+,40?/m1/s1. The summed E-state index contributed by atoms with van der Waals surface area (Å²) in [6.45, 7) is 23.1. The molecule has 5 rings (SSSR count). The van der Waals surface area contributed by atoms with Gasteiger partial charge in [-0.05, 0) is 65.4 Å². The third-order valence-corrected chi connectivity index (χ3v) is 14.4. The van der Waals surface area contributed by atoms with Gasteiger partial charge in [0, 0.05) is 17.8 Å². The van der Waals surface area contributed by atoms with Gasteiger partial charge in [-0.3, -0.25) is 0 Å². The molecule has 3 aliphatic carbocycles. The van der Waals surface area contributed by atoms with Crippen molar-refractivity contribution in [3.63, 3.8) is 0 Å². The fourth-order valence-corrected chi connectivity index (χ4v) is 10.6. The van der Waals surface area contributed by atoms with Gasteiger partial charge in [0.15, 0.2) is 6.10 Å². The number of ether oxygens (including phenoxy) is 5. The molecule has 1 aromatic carbocycles. The van der Waals surface area contributed by atoms with Gasteiger partial charge < -0.3 is 33.9 Å². The molecule has 2 saturated carbocycles. The highest BCUT2D eigenvalue weighted by Crippen LogP contribution is 2.74. The van der Waals surface area contributed by atoms with E-state index >= 15 is 0 Å². The second-order valence-corrected chi connectivity index (χ2v) is 18.3. The first-order valence-corrected chi connectivity index (χ1v) is 19.4. The monoisotopic (exact) mass is 716 g/mol. The Kier molecular flexibility index (Phi) is 10.6. The van der Waals surface area contributed by atoms with Gasteiger partial charge in [0.05, 0.1) is 24.2 Å². The van der Waals surface area contributed by atoms with E-state index in [1.165, 1.54) is 11.8 Å². The Bertz CT molecular complexity index is 1470. The summed E-state index contributed by atoms with van der Waals surface area (Å²) in [4.78, 5) is 28.1. The molecule has 0 amide bonds. The summed E-state index contributed by atoms with van der Waals surface area (Å²) in [5.41, 5.74) is -3.52. The average Bonchev–Trinajstić information content (AvgIpc) is 3.04. The maximum atomic E-state index is 14.2. The SMILES string of the molecule is CSCOCOC(C(=O)OC1CC2(O)C(OC(=O)c3ccccc3)C3[C@]4(O)COC4CC(C)(C)[C@@]3(C)C(C)(C)[C@H](C)C(=C1C)C2(C)C)C(C)C. The van der Waals surface area contributed by atoms with Crippen molar-refractivity contribution in [2.75, 3.05) is 25.6 Å². The maximum absolute atomic E-state index is 14.2. The zero-order valence-electron chi connectivity index (χ0n) is 32.1. The third-order valence-electron chi connectivity index (χ3n) is 14.0. The van der Waals surface area contributed by atoms with Crippen molar-refractivity contribution in [1.29, 1.82) is 0 Å². The lowest BCUT2D eigenvalue weighted by atomic mass is 9.34. The van der Waals surface area contributed by atoms with Gasteiger partial charge in [0.25, 0.3) is 0 Å². The largest absolute Gasteiger partial charge is 0.456 e. The van der Waals surface area contributed by atoms with Crippen LogP contribution in [-0.4, -0.2) is 83.4 Å². The van der Waals surface area contributed by atoms with E-state index in [2.05, 4.69) is 41.5 Å². The fraction of sp³-hybridized carbons (Fsp3) is 0.750. The molecule has 10 heteroatoms. The number of fused-ring (bicyclic) bond motifs is 5. The van der Waals surface area contributed by atoms with Gasteiger partial charge in [-0.25, -0.2) is 9.59 Å². The molecule has 2 N–H and O–H groups in total. The molecule has 1 saturated heterocycles. The van der Waals surface area contributed by atoms with Crippen LogP contribution < -0.4 is 0 Å². The van der Waals surface area contributed by atoms with E-state index in [1.807, 2.05) is 46.9 Å². The second kappa shape index (κ2) is 13.5. The minimum atomic E-state index is -1.77. The van der Waals surface area contributed by atoms with Crippen molar-refractivity contribution in [3.05, 3.63) is 47.0 Å². The quantitative estimate of drug-likeness (QED) is 0.116. The first kappa shape index (κ1) is 39.3. The highest BCUT2D eigenvalue weighted by Gasteiger charge is 2.78. The lowest BCUT2D eigenvalue weighted by Crippen LogP contribution is -2.81. The van der Waals surface area contributed by atoms with E-state index in [0.717, 1.165) is 11.1 Å². The Hall–Kier alpha value is -1.95.